The first-order valence-electron chi connectivity index (χ1n) is 7.63. The number of nitrogens with one attached hydrogen (secondary N) is 1. The minimum Gasteiger partial charge on any atom is -0.338 e. The zero-order valence-electron chi connectivity index (χ0n) is 12.7. The van der Waals surface area contributed by atoms with Crippen LogP contribution in [0.3, 0.4) is 0 Å². The van der Waals surface area contributed by atoms with Crippen LogP contribution in [0.2, 0.25) is 0 Å². The summed E-state index contributed by atoms with van der Waals surface area (Å²) in [6.07, 6.45) is 10.8. The van der Waals surface area contributed by atoms with Gasteiger partial charge in [-0.1, -0.05) is 58.3 Å². The molecule has 0 heterocycles. The fraction of sp³-hybridized carbons (Fsp3) is 0.929. The van der Waals surface area contributed by atoms with Crippen molar-refractivity contribution in [3.8, 4) is 0 Å². The summed E-state index contributed by atoms with van der Waals surface area (Å²) >= 11 is 0. The van der Waals surface area contributed by atoms with Crippen LogP contribution >= 0.6 is 0 Å². The lowest BCUT2D eigenvalue weighted by Crippen LogP contribution is -2.37. The Kier molecular flexibility index (Phi) is 10.7. The van der Waals surface area contributed by atoms with Gasteiger partial charge in [-0.25, -0.2) is 0 Å². The van der Waals surface area contributed by atoms with Crippen LogP contribution in [-0.2, 0) is 14.9 Å². The second-order valence-electron chi connectivity index (χ2n) is 5.30. The van der Waals surface area contributed by atoms with Gasteiger partial charge in [0.15, 0.2) is 5.37 Å². The van der Waals surface area contributed by atoms with E-state index in [9.17, 15) is 13.2 Å². The van der Waals surface area contributed by atoms with Crippen molar-refractivity contribution in [1.29, 1.82) is 0 Å². The summed E-state index contributed by atoms with van der Waals surface area (Å²) in [5.74, 6) is -0.321. The first-order chi connectivity index (χ1) is 9.38. The molecule has 0 saturated heterocycles. The third-order valence-electron chi connectivity index (χ3n) is 3.32. The van der Waals surface area contributed by atoms with Gasteiger partial charge in [0.25, 0.3) is 10.1 Å². The molecule has 6 heteroatoms. The van der Waals surface area contributed by atoms with Crippen LogP contribution in [0, 0.1) is 0 Å². The maximum Gasteiger partial charge on any atom is 0.285 e. The molecule has 1 atom stereocenters. The predicted octanol–water partition coefficient (Wildman–Crippen LogP) is 3.26. The molecule has 0 aliphatic rings. The van der Waals surface area contributed by atoms with E-state index in [1.54, 1.807) is 0 Å². The van der Waals surface area contributed by atoms with E-state index in [1.807, 2.05) is 0 Å². The molecular formula is C14H29NO4S. The highest BCUT2D eigenvalue weighted by molar-refractivity contribution is 7.86. The average Bonchev–Trinajstić information content (AvgIpc) is 2.35. The fourth-order valence-corrected chi connectivity index (χ4v) is 2.25. The summed E-state index contributed by atoms with van der Waals surface area (Å²) in [5.41, 5.74) is 0. The molecule has 120 valence electrons. The SMILES string of the molecule is CCCCCCCCCCCC(=O)NC(C)S(=O)(=O)O. The van der Waals surface area contributed by atoms with E-state index in [0.717, 1.165) is 19.3 Å². The van der Waals surface area contributed by atoms with Crippen molar-refractivity contribution in [1.82, 2.24) is 5.32 Å². The van der Waals surface area contributed by atoms with E-state index in [0.29, 0.717) is 6.42 Å². The van der Waals surface area contributed by atoms with E-state index in [-0.39, 0.29) is 5.91 Å². The summed E-state index contributed by atoms with van der Waals surface area (Å²) < 4.78 is 30.2. The van der Waals surface area contributed by atoms with Gasteiger partial charge in [-0.3, -0.25) is 9.35 Å². The molecule has 0 aromatic rings. The smallest absolute Gasteiger partial charge is 0.285 e. The normalized spacial score (nSPS) is 13.2. The zero-order chi connectivity index (χ0) is 15.4. The van der Waals surface area contributed by atoms with Gasteiger partial charge in [-0.15, -0.1) is 0 Å². The lowest BCUT2D eigenvalue weighted by molar-refractivity contribution is -0.121. The Labute approximate surface area is 123 Å². The van der Waals surface area contributed by atoms with E-state index < -0.39 is 15.5 Å². The molecule has 20 heavy (non-hydrogen) atoms. The van der Waals surface area contributed by atoms with E-state index >= 15 is 0 Å². The molecule has 5 nitrogen and oxygen atoms in total. The quantitative estimate of drug-likeness (QED) is 0.428. The van der Waals surface area contributed by atoms with E-state index in [1.165, 1.54) is 45.4 Å². The second kappa shape index (κ2) is 11.1. The van der Waals surface area contributed by atoms with Gasteiger partial charge in [0.2, 0.25) is 5.91 Å². The van der Waals surface area contributed by atoms with Gasteiger partial charge in [0.1, 0.15) is 0 Å². The number of rotatable bonds is 12. The highest BCUT2D eigenvalue weighted by atomic mass is 32.2. The maximum atomic E-state index is 11.4. The largest absolute Gasteiger partial charge is 0.338 e. The number of carbonyl (C=O) groups is 1. The standard InChI is InChI=1S/C14H29NO4S/c1-3-4-5-6-7-8-9-10-11-12-14(16)15-13(2)20(17,18)19/h13H,3-12H2,1-2H3,(H,15,16)(H,17,18,19). The van der Waals surface area contributed by atoms with Crippen molar-refractivity contribution in [2.75, 3.05) is 0 Å². The molecule has 0 aliphatic heterocycles. The number of hydrogen-bond donors (Lipinski definition) is 2. The van der Waals surface area contributed by atoms with Crippen molar-refractivity contribution in [3.05, 3.63) is 0 Å². The second-order valence-corrected chi connectivity index (χ2v) is 7.04. The van der Waals surface area contributed by atoms with Gasteiger partial charge in [0.05, 0.1) is 0 Å². The molecule has 0 spiro atoms. The Morgan fingerprint density at radius 2 is 1.45 bits per heavy atom. The summed E-state index contributed by atoms with van der Waals surface area (Å²) in [6.45, 7) is 3.46. The predicted molar refractivity (Wildman–Crippen MR) is 81.0 cm³/mol. The molecule has 1 unspecified atom stereocenters. The molecule has 0 aliphatic carbocycles. The van der Waals surface area contributed by atoms with Crippen molar-refractivity contribution >= 4 is 16.0 Å². The topological polar surface area (TPSA) is 83.5 Å². The molecule has 0 aromatic heterocycles. The van der Waals surface area contributed by atoms with Gasteiger partial charge in [0, 0.05) is 6.42 Å². The molecule has 0 saturated carbocycles. The van der Waals surface area contributed by atoms with Crippen LogP contribution < -0.4 is 5.32 Å². The van der Waals surface area contributed by atoms with Crippen LogP contribution in [0.25, 0.3) is 0 Å². The molecule has 0 fully saturated rings. The molecule has 2 N–H and O–H groups in total. The highest BCUT2D eigenvalue weighted by Gasteiger charge is 2.18. The molecule has 0 bridgehead atoms. The Bertz CT molecular complexity index is 354. The lowest BCUT2D eigenvalue weighted by atomic mass is 10.1. The summed E-state index contributed by atoms with van der Waals surface area (Å²) in [6, 6.07) is 0. The Balaban J connectivity index is 3.45. The van der Waals surface area contributed by atoms with Gasteiger partial charge in [-0.05, 0) is 13.3 Å². The summed E-state index contributed by atoms with van der Waals surface area (Å²) in [5, 5.41) is 1.04. The number of carbonyl (C=O) groups excluding carboxylic acids is 1. The van der Waals surface area contributed by atoms with Gasteiger partial charge in [-0.2, -0.15) is 8.42 Å². The third-order valence-corrected chi connectivity index (χ3v) is 4.33. The lowest BCUT2D eigenvalue weighted by Gasteiger charge is -2.10. The molecule has 0 rings (SSSR count). The third kappa shape index (κ3) is 11.2. The molecular weight excluding hydrogens is 278 g/mol. The highest BCUT2D eigenvalue weighted by Crippen LogP contribution is 2.10. The maximum absolute atomic E-state index is 11.4. The Morgan fingerprint density at radius 1 is 1.00 bits per heavy atom. The van der Waals surface area contributed by atoms with Crippen molar-refractivity contribution < 1.29 is 17.8 Å². The molecule has 1 amide bonds. The first-order valence-corrected chi connectivity index (χ1v) is 9.14. The molecule has 0 radical (unpaired) electrons. The van der Waals surface area contributed by atoms with Crippen LogP contribution in [0.15, 0.2) is 0 Å². The van der Waals surface area contributed by atoms with Crippen LogP contribution in [0.4, 0.5) is 0 Å². The minimum absolute atomic E-state index is 0.315. The van der Waals surface area contributed by atoms with Crippen molar-refractivity contribution in [2.45, 2.75) is 83.4 Å². The number of unbranched alkanes of at least 4 members (excludes halogenated alkanes) is 8. The summed E-state index contributed by atoms with van der Waals surface area (Å²) in [7, 11) is -4.18. The van der Waals surface area contributed by atoms with Crippen molar-refractivity contribution in [2.24, 2.45) is 0 Å². The fourth-order valence-electron chi connectivity index (χ4n) is 1.97. The Morgan fingerprint density at radius 3 is 1.90 bits per heavy atom. The van der Waals surface area contributed by atoms with Gasteiger partial charge < -0.3 is 5.32 Å². The van der Waals surface area contributed by atoms with E-state index in [2.05, 4.69) is 12.2 Å². The monoisotopic (exact) mass is 307 g/mol. The zero-order valence-corrected chi connectivity index (χ0v) is 13.5. The number of hydrogen-bond acceptors (Lipinski definition) is 3. The van der Waals surface area contributed by atoms with Crippen LogP contribution in [0.5, 0.6) is 0 Å². The minimum atomic E-state index is -4.18. The average molecular weight is 307 g/mol. The number of amides is 1. The first kappa shape index (κ1) is 19.4. The van der Waals surface area contributed by atoms with E-state index in [4.69, 9.17) is 4.55 Å². The Hall–Kier alpha value is -0.620. The van der Waals surface area contributed by atoms with Crippen LogP contribution in [0.1, 0.15) is 78.1 Å². The summed E-state index contributed by atoms with van der Waals surface area (Å²) in [4.78, 5) is 11.4. The van der Waals surface area contributed by atoms with Crippen LogP contribution in [-0.4, -0.2) is 24.3 Å². The van der Waals surface area contributed by atoms with Crippen molar-refractivity contribution in [3.63, 3.8) is 0 Å². The molecule has 0 aromatic carbocycles. The van der Waals surface area contributed by atoms with Gasteiger partial charge >= 0.3 is 0 Å².